The molecule has 1 atom stereocenters. The van der Waals surface area contributed by atoms with Gasteiger partial charge < -0.3 is 16.4 Å². The minimum absolute atomic E-state index is 0.0208. The molecule has 0 radical (unpaired) electrons. The van der Waals surface area contributed by atoms with Crippen molar-refractivity contribution in [3.63, 3.8) is 0 Å². The van der Waals surface area contributed by atoms with Crippen molar-refractivity contribution in [2.75, 3.05) is 17.2 Å². The fourth-order valence-electron chi connectivity index (χ4n) is 1.56. The number of benzene rings is 1. The predicted octanol–water partition coefficient (Wildman–Crippen LogP) is 1.96. The van der Waals surface area contributed by atoms with Gasteiger partial charge in [0.1, 0.15) is 0 Å². The maximum atomic E-state index is 11.7. The fraction of sp³-hybridized carbons (Fsp3) is 0.429. The van der Waals surface area contributed by atoms with Crippen molar-refractivity contribution in [3.05, 3.63) is 24.3 Å². The van der Waals surface area contributed by atoms with E-state index in [9.17, 15) is 9.59 Å². The molecular formula is C14H21N3O2. The van der Waals surface area contributed by atoms with Gasteiger partial charge >= 0.3 is 0 Å². The van der Waals surface area contributed by atoms with Gasteiger partial charge in [-0.05, 0) is 43.1 Å². The standard InChI is InChI=1S/C14H21N3O2/c1-10(9-15)3-8-14(19)17-13-6-4-12(5-7-13)16-11(2)18/h4-7,10H,3,8-9,15H2,1-2H3,(H,16,18)(H,17,19). The third-order valence-corrected chi connectivity index (χ3v) is 2.76. The highest BCUT2D eigenvalue weighted by atomic mass is 16.2. The monoisotopic (exact) mass is 263 g/mol. The van der Waals surface area contributed by atoms with E-state index in [4.69, 9.17) is 5.73 Å². The number of hydrogen-bond donors (Lipinski definition) is 3. The van der Waals surface area contributed by atoms with E-state index >= 15 is 0 Å². The molecular weight excluding hydrogens is 242 g/mol. The Morgan fingerprint density at radius 3 is 2.16 bits per heavy atom. The highest BCUT2D eigenvalue weighted by Crippen LogP contribution is 2.14. The molecule has 0 fully saturated rings. The summed E-state index contributed by atoms with van der Waals surface area (Å²) in [6, 6.07) is 7.02. The van der Waals surface area contributed by atoms with Gasteiger partial charge in [0.05, 0.1) is 0 Å². The normalized spacial score (nSPS) is 11.7. The van der Waals surface area contributed by atoms with Crippen molar-refractivity contribution in [2.24, 2.45) is 11.7 Å². The number of carbonyl (C=O) groups is 2. The fourth-order valence-corrected chi connectivity index (χ4v) is 1.56. The second kappa shape index (κ2) is 7.53. The SMILES string of the molecule is CC(=O)Nc1ccc(NC(=O)CCC(C)CN)cc1. The van der Waals surface area contributed by atoms with Gasteiger partial charge in [0.15, 0.2) is 0 Å². The molecule has 0 heterocycles. The van der Waals surface area contributed by atoms with E-state index in [1.807, 2.05) is 6.92 Å². The zero-order valence-corrected chi connectivity index (χ0v) is 11.4. The van der Waals surface area contributed by atoms with E-state index in [1.165, 1.54) is 6.92 Å². The molecule has 0 aliphatic rings. The van der Waals surface area contributed by atoms with Gasteiger partial charge in [-0.25, -0.2) is 0 Å². The average molecular weight is 263 g/mol. The maximum Gasteiger partial charge on any atom is 0.224 e. The smallest absolute Gasteiger partial charge is 0.224 e. The van der Waals surface area contributed by atoms with E-state index in [0.717, 1.165) is 12.1 Å². The van der Waals surface area contributed by atoms with Gasteiger partial charge in [0.25, 0.3) is 0 Å². The van der Waals surface area contributed by atoms with Crippen molar-refractivity contribution in [1.29, 1.82) is 0 Å². The van der Waals surface area contributed by atoms with Crippen LogP contribution in [0.3, 0.4) is 0 Å². The van der Waals surface area contributed by atoms with Gasteiger partial charge in [-0.15, -0.1) is 0 Å². The van der Waals surface area contributed by atoms with Crippen LogP contribution in [0.25, 0.3) is 0 Å². The van der Waals surface area contributed by atoms with Crippen molar-refractivity contribution in [3.8, 4) is 0 Å². The van der Waals surface area contributed by atoms with Gasteiger partial charge in [-0.2, -0.15) is 0 Å². The lowest BCUT2D eigenvalue weighted by Crippen LogP contribution is -2.16. The summed E-state index contributed by atoms with van der Waals surface area (Å²) >= 11 is 0. The van der Waals surface area contributed by atoms with Crippen LogP contribution in [0, 0.1) is 5.92 Å². The molecule has 0 aromatic heterocycles. The zero-order chi connectivity index (χ0) is 14.3. The number of rotatable bonds is 6. The number of carbonyl (C=O) groups excluding carboxylic acids is 2. The molecule has 0 bridgehead atoms. The van der Waals surface area contributed by atoms with E-state index in [-0.39, 0.29) is 11.8 Å². The second-order valence-corrected chi connectivity index (χ2v) is 4.69. The number of nitrogens with two attached hydrogens (primary N) is 1. The molecule has 0 aliphatic heterocycles. The van der Waals surface area contributed by atoms with Gasteiger partial charge in [-0.1, -0.05) is 6.92 Å². The number of nitrogens with one attached hydrogen (secondary N) is 2. The quantitative estimate of drug-likeness (QED) is 0.733. The predicted molar refractivity (Wildman–Crippen MR) is 76.8 cm³/mol. The molecule has 1 unspecified atom stereocenters. The Morgan fingerprint density at radius 1 is 1.16 bits per heavy atom. The highest BCUT2D eigenvalue weighted by Gasteiger charge is 2.06. The van der Waals surface area contributed by atoms with Crippen LogP contribution in [-0.4, -0.2) is 18.4 Å². The van der Waals surface area contributed by atoms with Crippen molar-refractivity contribution >= 4 is 23.2 Å². The molecule has 0 saturated carbocycles. The molecule has 1 aromatic carbocycles. The van der Waals surface area contributed by atoms with E-state index in [1.54, 1.807) is 24.3 Å². The maximum absolute atomic E-state index is 11.7. The molecule has 4 N–H and O–H groups in total. The molecule has 2 amide bonds. The van der Waals surface area contributed by atoms with E-state index < -0.39 is 0 Å². The summed E-state index contributed by atoms with van der Waals surface area (Å²) in [5, 5.41) is 5.48. The molecule has 104 valence electrons. The van der Waals surface area contributed by atoms with E-state index in [2.05, 4.69) is 10.6 Å². The first-order valence-corrected chi connectivity index (χ1v) is 6.39. The van der Waals surface area contributed by atoms with E-state index in [0.29, 0.717) is 24.6 Å². The lowest BCUT2D eigenvalue weighted by Gasteiger charge is -2.09. The summed E-state index contributed by atoms with van der Waals surface area (Å²) in [6.07, 6.45) is 1.25. The molecule has 19 heavy (non-hydrogen) atoms. The molecule has 0 aliphatic carbocycles. The van der Waals surface area contributed by atoms with Gasteiger partial charge in [0.2, 0.25) is 11.8 Å². The lowest BCUT2D eigenvalue weighted by atomic mass is 10.1. The highest BCUT2D eigenvalue weighted by molar-refractivity contribution is 5.92. The second-order valence-electron chi connectivity index (χ2n) is 4.69. The number of amides is 2. The van der Waals surface area contributed by atoms with Crippen LogP contribution in [-0.2, 0) is 9.59 Å². The molecule has 0 spiro atoms. The molecule has 5 heteroatoms. The van der Waals surface area contributed by atoms with Crippen LogP contribution in [0.4, 0.5) is 11.4 Å². The summed E-state index contributed by atoms with van der Waals surface area (Å²) in [4.78, 5) is 22.5. The van der Waals surface area contributed by atoms with Crippen LogP contribution in [0.2, 0.25) is 0 Å². The molecule has 0 saturated heterocycles. The van der Waals surface area contributed by atoms with Crippen LogP contribution in [0.5, 0.6) is 0 Å². The van der Waals surface area contributed by atoms with Crippen LogP contribution in [0.1, 0.15) is 26.7 Å². The first kappa shape index (κ1) is 15.2. The van der Waals surface area contributed by atoms with Crippen molar-refractivity contribution in [2.45, 2.75) is 26.7 Å². The largest absolute Gasteiger partial charge is 0.330 e. The summed E-state index contributed by atoms with van der Waals surface area (Å²) < 4.78 is 0. The minimum Gasteiger partial charge on any atom is -0.330 e. The average Bonchev–Trinajstić information content (AvgIpc) is 2.37. The Balaban J connectivity index is 2.44. The molecule has 5 nitrogen and oxygen atoms in total. The molecule has 1 rings (SSSR count). The summed E-state index contributed by atoms with van der Waals surface area (Å²) in [5.41, 5.74) is 6.93. The first-order valence-electron chi connectivity index (χ1n) is 6.39. The summed E-state index contributed by atoms with van der Waals surface area (Å²) in [5.74, 6) is 0.216. The Kier molecular flexibility index (Phi) is 6.02. The van der Waals surface area contributed by atoms with Crippen LogP contribution in [0.15, 0.2) is 24.3 Å². The number of hydrogen-bond acceptors (Lipinski definition) is 3. The van der Waals surface area contributed by atoms with Crippen LogP contribution >= 0.6 is 0 Å². The van der Waals surface area contributed by atoms with Gasteiger partial charge in [0, 0.05) is 24.7 Å². The topological polar surface area (TPSA) is 84.2 Å². The Labute approximate surface area is 113 Å². The van der Waals surface area contributed by atoms with Crippen molar-refractivity contribution in [1.82, 2.24) is 0 Å². The Morgan fingerprint density at radius 2 is 1.68 bits per heavy atom. The van der Waals surface area contributed by atoms with Gasteiger partial charge in [-0.3, -0.25) is 9.59 Å². The number of anilines is 2. The van der Waals surface area contributed by atoms with Crippen LogP contribution < -0.4 is 16.4 Å². The summed E-state index contributed by atoms with van der Waals surface area (Å²) in [7, 11) is 0. The third-order valence-electron chi connectivity index (χ3n) is 2.76. The Hall–Kier alpha value is -1.88. The minimum atomic E-state index is -0.118. The summed E-state index contributed by atoms with van der Waals surface area (Å²) in [6.45, 7) is 4.07. The Bertz CT molecular complexity index is 429. The first-order chi connectivity index (χ1) is 9.01. The third kappa shape index (κ3) is 6.01. The van der Waals surface area contributed by atoms with Crippen molar-refractivity contribution < 1.29 is 9.59 Å². The zero-order valence-electron chi connectivity index (χ0n) is 11.4. The molecule has 1 aromatic rings. The lowest BCUT2D eigenvalue weighted by molar-refractivity contribution is -0.116.